The monoisotopic (exact) mass is 252 g/mol. The Bertz CT molecular complexity index is 405. The number of hydrogen-bond acceptors (Lipinski definition) is 4. The van der Waals surface area contributed by atoms with Gasteiger partial charge in [-0.2, -0.15) is 0 Å². The minimum atomic E-state index is -0.489. The second-order valence-corrected chi connectivity index (χ2v) is 4.01. The van der Waals surface area contributed by atoms with Gasteiger partial charge in [-0.3, -0.25) is 4.79 Å². The predicted molar refractivity (Wildman–Crippen MR) is 69.9 cm³/mol. The van der Waals surface area contributed by atoms with Gasteiger partial charge in [0, 0.05) is 6.54 Å². The molecule has 0 saturated carbocycles. The smallest absolute Gasteiger partial charge is 0.236 e. The van der Waals surface area contributed by atoms with Crippen LogP contribution in [0, 0.1) is 0 Å². The standard InChI is InChI=1S/C13H20N2O3/c1-9(14)13(16)15-7-6-10-8-11(17-2)4-5-12(10)18-3/h4-5,8-9H,6-7,14H2,1-3H3,(H,15,16). The normalized spacial score (nSPS) is 11.8. The second kappa shape index (κ2) is 6.86. The summed E-state index contributed by atoms with van der Waals surface area (Å²) in [5.41, 5.74) is 6.45. The van der Waals surface area contributed by atoms with E-state index in [0.29, 0.717) is 13.0 Å². The van der Waals surface area contributed by atoms with Crippen molar-refractivity contribution in [3.05, 3.63) is 23.8 Å². The summed E-state index contributed by atoms with van der Waals surface area (Å²) in [6.07, 6.45) is 0.666. The zero-order chi connectivity index (χ0) is 13.5. The number of ether oxygens (including phenoxy) is 2. The van der Waals surface area contributed by atoms with E-state index in [0.717, 1.165) is 17.1 Å². The van der Waals surface area contributed by atoms with Crippen LogP contribution in [-0.2, 0) is 11.2 Å². The highest BCUT2D eigenvalue weighted by Gasteiger charge is 2.08. The van der Waals surface area contributed by atoms with Gasteiger partial charge in [0.1, 0.15) is 11.5 Å². The molecule has 18 heavy (non-hydrogen) atoms. The van der Waals surface area contributed by atoms with Crippen molar-refractivity contribution < 1.29 is 14.3 Å². The Kier molecular flexibility index (Phi) is 5.45. The molecule has 3 N–H and O–H groups in total. The maximum absolute atomic E-state index is 11.3. The Morgan fingerprint density at radius 2 is 2.11 bits per heavy atom. The van der Waals surface area contributed by atoms with Crippen LogP contribution in [0.5, 0.6) is 11.5 Å². The van der Waals surface area contributed by atoms with Crippen molar-refractivity contribution in [1.29, 1.82) is 0 Å². The molecule has 0 bridgehead atoms. The van der Waals surface area contributed by atoms with Crippen molar-refractivity contribution in [3.63, 3.8) is 0 Å². The first-order chi connectivity index (χ1) is 8.58. The summed E-state index contributed by atoms with van der Waals surface area (Å²) in [6, 6.07) is 5.10. The molecule has 5 heteroatoms. The molecule has 0 aromatic heterocycles. The summed E-state index contributed by atoms with van der Waals surface area (Å²) in [5, 5.41) is 2.76. The van der Waals surface area contributed by atoms with Gasteiger partial charge in [0.2, 0.25) is 5.91 Å². The Balaban J connectivity index is 2.62. The number of amides is 1. The minimum absolute atomic E-state index is 0.156. The highest BCUT2D eigenvalue weighted by atomic mass is 16.5. The number of carbonyl (C=O) groups excluding carboxylic acids is 1. The van der Waals surface area contributed by atoms with Gasteiger partial charge in [0.25, 0.3) is 0 Å². The van der Waals surface area contributed by atoms with E-state index < -0.39 is 6.04 Å². The van der Waals surface area contributed by atoms with Crippen molar-refractivity contribution in [2.24, 2.45) is 5.73 Å². The third-order valence-corrected chi connectivity index (χ3v) is 2.59. The lowest BCUT2D eigenvalue weighted by atomic mass is 10.1. The lowest BCUT2D eigenvalue weighted by molar-refractivity contribution is -0.121. The van der Waals surface area contributed by atoms with Gasteiger partial charge in [0.15, 0.2) is 0 Å². The van der Waals surface area contributed by atoms with Gasteiger partial charge in [0.05, 0.1) is 20.3 Å². The molecule has 0 aliphatic heterocycles. The van der Waals surface area contributed by atoms with Crippen molar-refractivity contribution in [2.45, 2.75) is 19.4 Å². The first-order valence-corrected chi connectivity index (χ1v) is 5.82. The Morgan fingerprint density at radius 3 is 2.67 bits per heavy atom. The average molecular weight is 252 g/mol. The van der Waals surface area contributed by atoms with E-state index in [9.17, 15) is 4.79 Å². The summed E-state index contributed by atoms with van der Waals surface area (Å²) < 4.78 is 10.4. The van der Waals surface area contributed by atoms with Crippen molar-refractivity contribution in [2.75, 3.05) is 20.8 Å². The van der Waals surface area contributed by atoms with E-state index >= 15 is 0 Å². The van der Waals surface area contributed by atoms with Gasteiger partial charge in [-0.05, 0) is 37.1 Å². The molecular weight excluding hydrogens is 232 g/mol. The number of nitrogens with two attached hydrogens (primary N) is 1. The van der Waals surface area contributed by atoms with E-state index in [1.54, 1.807) is 21.1 Å². The van der Waals surface area contributed by atoms with E-state index in [2.05, 4.69) is 5.32 Å². The van der Waals surface area contributed by atoms with Crippen molar-refractivity contribution in [1.82, 2.24) is 5.32 Å². The van der Waals surface area contributed by atoms with E-state index in [1.807, 2.05) is 18.2 Å². The van der Waals surface area contributed by atoms with Gasteiger partial charge in [-0.15, -0.1) is 0 Å². The summed E-state index contributed by atoms with van der Waals surface area (Å²) >= 11 is 0. The number of nitrogens with one attached hydrogen (secondary N) is 1. The number of rotatable bonds is 6. The molecule has 1 amide bonds. The molecule has 0 saturated heterocycles. The number of benzene rings is 1. The highest BCUT2D eigenvalue weighted by Crippen LogP contribution is 2.23. The molecule has 0 spiro atoms. The Hall–Kier alpha value is -1.75. The molecule has 0 aliphatic carbocycles. The van der Waals surface area contributed by atoms with E-state index in [-0.39, 0.29) is 5.91 Å². The molecule has 5 nitrogen and oxygen atoms in total. The number of carbonyl (C=O) groups is 1. The third-order valence-electron chi connectivity index (χ3n) is 2.59. The van der Waals surface area contributed by atoms with Gasteiger partial charge in [-0.25, -0.2) is 0 Å². The predicted octanol–water partition coefficient (Wildman–Crippen LogP) is 0.710. The van der Waals surface area contributed by atoms with Crippen molar-refractivity contribution >= 4 is 5.91 Å². The molecule has 1 rings (SSSR count). The first kappa shape index (κ1) is 14.3. The lowest BCUT2D eigenvalue weighted by Crippen LogP contribution is -2.39. The molecule has 1 unspecified atom stereocenters. The third kappa shape index (κ3) is 3.92. The van der Waals surface area contributed by atoms with Crippen LogP contribution >= 0.6 is 0 Å². The van der Waals surface area contributed by atoms with Crippen LogP contribution in [0.1, 0.15) is 12.5 Å². The van der Waals surface area contributed by atoms with Gasteiger partial charge in [-0.1, -0.05) is 0 Å². The summed E-state index contributed by atoms with van der Waals surface area (Å²) in [7, 11) is 3.23. The van der Waals surface area contributed by atoms with Crippen LogP contribution in [0.3, 0.4) is 0 Å². The molecule has 100 valence electrons. The fourth-order valence-electron chi connectivity index (χ4n) is 1.56. The maximum atomic E-state index is 11.3. The van der Waals surface area contributed by atoms with E-state index in [4.69, 9.17) is 15.2 Å². The second-order valence-electron chi connectivity index (χ2n) is 4.01. The molecule has 1 aromatic rings. The zero-order valence-corrected chi connectivity index (χ0v) is 11.0. The van der Waals surface area contributed by atoms with Crippen LogP contribution in [-0.4, -0.2) is 32.7 Å². The van der Waals surface area contributed by atoms with Gasteiger partial charge < -0.3 is 20.5 Å². The number of hydrogen-bond donors (Lipinski definition) is 2. The van der Waals surface area contributed by atoms with Crippen LogP contribution < -0.4 is 20.5 Å². The quantitative estimate of drug-likeness (QED) is 0.782. The lowest BCUT2D eigenvalue weighted by Gasteiger charge is -2.11. The Morgan fingerprint density at radius 1 is 1.39 bits per heavy atom. The largest absolute Gasteiger partial charge is 0.497 e. The summed E-state index contributed by atoms with van der Waals surface area (Å²) in [5.74, 6) is 1.40. The fraction of sp³-hybridized carbons (Fsp3) is 0.462. The topological polar surface area (TPSA) is 73.6 Å². The van der Waals surface area contributed by atoms with Crippen LogP contribution in [0.4, 0.5) is 0 Å². The van der Waals surface area contributed by atoms with E-state index in [1.165, 1.54) is 0 Å². The maximum Gasteiger partial charge on any atom is 0.236 e. The Labute approximate surface area is 107 Å². The fourth-order valence-corrected chi connectivity index (χ4v) is 1.56. The van der Waals surface area contributed by atoms with Gasteiger partial charge >= 0.3 is 0 Å². The first-order valence-electron chi connectivity index (χ1n) is 5.82. The van der Waals surface area contributed by atoms with Crippen LogP contribution in [0.15, 0.2) is 18.2 Å². The number of methoxy groups -OCH3 is 2. The molecule has 0 fully saturated rings. The molecular formula is C13H20N2O3. The van der Waals surface area contributed by atoms with Crippen LogP contribution in [0.25, 0.3) is 0 Å². The SMILES string of the molecule is COc1ccc(OC)c(CCNC(=O)C(C)N)c1. The molecule has 0 heterocycles. The summed E-state index contributed by atoms with van der Waals surface area (Å²) in [4.78, 5) is 11.3. The minimum Gasteiger partial charge on any atom is -0.497 e. The summed E-state index contributed by atoms with van der Waals surface area (Å²) in [6.45, 7) is 2.17. The molecule has 1 aromatic carbocycles. The highest BCUT2D eigenvalue weighted by molar-refractivity contribution is 5.80. The van der Waals surface area contributed by atoms with Crippen LogP contribution in [0.2, 0.25) is 0 Å². The zero-order valence-electron chi connectivity index (χ0n) is 11.0. The molecule has 0 aliphatic rings. The molecule has 1 atom stereocenters. The van der Waals surface area contributed by atoms with Crippen molar-refractivity contribution in [3.8, 4) is 11.5 Å². The average Bonchev–Trinajstić information content (AvgIpc) is 2.38. The molecule has 0 radical (unpaired) electrons.